The quantitative estimate of drug-likeness (QED) is 0.748. The minimum Gasteiger partial charge on any atom is -0.379 e. The Kier molecular flexibility index (Phi) is 6.54. The van der Waals surface area contributed by atoms with Gasteiger partial charge in [-0.2, -0.15) is 0 Å². The second-order valence-electron chi connectivity index (χ2n) is 5.41. The molecule has 0 aliphatic carbocycles. The van der Waals surface area contributed by atoms with Crippen molar-refractivity contribution in [2.75, 3.05) is 26.4 Å². The topological polar surface area (TPSA) is 30.5 Å². The first-order chi connectivity index (χ1) is 10.2. The molecule has 2 unspecified atom stereocenters. The lowest BCUT2D eigenvalue weighted by molar-refractivity contribution is 0.0165. The van der Waals surface area contributed by atoms with Crippen LogP contribution in [0, 0.1) is 11.6 Å². The van der Waals surface area contributed by atoms with Gasteiger partial charge in [0.2, 0.25) is 0 Å². The van der Waals surface area contributed by atoms with Gasteiger partial charge >= 0.3 is 0 Å². The van der Waals surface area contributed by atoms with E-state index in [1.54, 1.807) is 0 Å². The number of ether oxygens (including phenoxy) is 2. The average Bonchev–Trinajstić information content (AvgIpc) is 2.98. The van der Waals surface area contributed by atoms with Gasteiger partial charge in [-0.25, -0.2) is 8.78 Å². The molecule has 2 atom stereocenters. The Labute approximate surface area is 124 Å². The van der Waals surface area contributed by atoms with Gasteiger partial charge in [0, 0.05) is 24.8 Å². The van der Waals surface area contributed by atoms with Crippen LogP contribution in [-0.2, 0) is 9.47 Å². The largest absolute Gasteiger partial charge is 0.379 e. The molecule has 3 nitrogen and oxygen atoms in total. The predicted octanol–water partition coefficient (Wildman–Crippen LogP) is 3.20. The zero-order valence-corrected chi connectivity index (χ0v) is 12.4. The van der Waals surface area contributed by atoms with Gasteiger partial charge < -0.3 is 14.8 Å². The molecule has 0 spiro atoms. The summed E-state index contributed by atoms with van der Waals surface area (Å²) in [5, 5.41) is 3.18. The minimum absolute atomic E-state index is 0.223. The smallest absolute Gasteiger partial charge is 0.128 e. The van der Waals surface area contributed by atoms with Crippen molar-refractivity contribution in [1.29, 1.82) is 0 Å². The first-order valence-electron chi connectivity index (χ1n) is 7.54. The van der Waals surface area contributed by atoms with Crippen molar-refractivity contribution in [1.82, 2.24) is 5.32 Å². The van der Waals surface area contributed by atoms with Gasteiger partial charge in [0.25, 0.3) is 0 Å². The summed E-state index contributed by atoms with van der Waals surface area (Å²) >= 11 is 0. The third kappa shape index (κ3) is 5.34. The molecular formula is C16H23F2NO2. The van der Waals surface area contributed by atoms with Crippen LogP contribution in [0.1, 0.15) is 37.8 Å². The van der Waals surface area contributed by atoms with Crippen LogP contribution in [0.2, 0.25) is 0 Å². The minimum atomic E-state index is -0.417. The van der Waals surface area contributed by atoms with Crippen molar-refractivity contribution in [3.63, 3.8) is 0 Å². The van der Waals surface area contributed by atoms with E-state index in [1.165, 1.54) is 6.07 Å². The number of hydrogen-bond acceptors (Lipinski definition) is 3. The molecule has 5 heteroatoms. The second-order valence-corrected chi connectivity index (χ2v) is 5.41. The maximum absolute atomic E-state index is 13.6. The first-order valence-corrected chi connectivity index (χ1v) is 7.54. The number of benzene rings is 1. The summed E-state index contributed by atoms with van der Waals surface area (Å²) in [7, 11) is 0. The van der Waals surface area contributed by atoms with E-state index in [0.717, 1.165) is 38.0 Å². The molecule has 1 N–H and O–H groups in total. The summed E-state index contributed by atoms with van der Waals surface area (Å²) in [4.78, 5) is 0. The van der Waals surface area contributed by atoms with Crippen molar-refractivity contribution in [3.05, 3.63) is 35.4 Å². The van der Waals surface area contributed by atoms with Gasteiger partial charge in [-0.3, -0.25) is 0 Å². The lowest BCUT2D eigenvalue weighted by Gasteiger charge is -2.15. The van der Waals surface area contributed by atoms with Gasteiger partial charge in [0.05, 0.1) is 12.7 Å². The van der Waals surface area contributed by atoms with E-state index >= 15 is 0 Å². The standard InChI is InChI=1S/C16H23F2NO2/c1-12(15-10-13(17)5-6-16(15)18)19-7-3-8-20-11-14-4-2-9-21-14/h5-6,10,12,14,19H,2-4,7-9,11H2,1H3. The van der Waals surface area contributed by atoms with Crippen molar-refractivity contribution < 1.29 is 18.3 Å². The van der Waals surface area contributed by atoms with Crippen molar-refractivity contribution in [3.8, 4) is 0 Å². The molecular weight excluding hydrogens is 276 g/mol. The van der Waals surface area contributed by atoms with E-state index < -0.39 is 5.82 Å². The highest BCUT2D eigenvalue weighted by Gasteiger charge is 2.15. The Balaban J connectivity index is 1.60. The Morgan fingerprint density at radius 1 is 1.43 bits per heavy atom. The zero-order chi connectivity index (χ0) is 15.1. The van der Waals surface area contributed by atoms with Gasteiger partial charge in [0.1, 0.15) is 11.6 Å². The maximum atomic E-state index is 13.6. The molecule has 2 rings (SSSR count). The lowest BCUT2D eigenvalue weighted by atomic mass is 10.1. The van der Waals surface area contributed by atoms with Crippen LogP contribution in [-0.4, -0.2) is 32.5 Å². The third-order valence-electron chi connectivity index (χ3n) is 3.67. The van der Waals surface area contributed by atoms with E-state index in [1.807, 2.05) is 6.92 Å². The molecule has 1 heterocycles. The molecule has 1 aliphatic heterocycles. The van der Waals surface area contributed by atoms with E-state index in [0.29, 0.717) is 25.3 Å². The molecule has 118 valence electrons. The fourth-order valence-electron chi connectivity index (χ4n) is 2.44. The summed E-state index contributed by atoms with van der Waals surface area (Å²) in [5.41, 5.74) is 0.357. The Bertz CT molecular complexity index is 436. The van der Waals surface area contributed by atoms with Crippen LogP contribution < -0.4 is 5.32 Å². The van der Waals surface area contributed by atoms with E-state index in [9.17, 15) is 8.78 Å². The van der Waals surface area contributed by atoms with Gasteiger partial charge in [-0.05, 0) is 50.9 Å². The molecule has 0 amide bonds. The molecule has 1 aromatic carbocycles. The van der Waals surface area contributed by atoms with E-state index in [4.69, 9.17) is 9.47 Å². The molecule has 1 aromatic rings. The number of rotatable bonds is 8. The summed E-state index contributed by atoms with van der Waals surface area (Å²) in [6.07, 6.45) is 3.27. The lowest BCUT2D eigenvalue weighted by Crippen LogP contribution is -2.22. The predicted molar refractivity (Wildman–Crippen MR) is 77.2 cm³/mol. The van der Waals surface area contributed by atoms with Crippen LogP contribution in [0.3, 0.4) is 0 Å². The van der Waals surface area contributed by atoms with Gasteiger partial charge in [-0.1, -0.05) is 0 Å². The van der Waals surface area contributed by atoms with Crippen LogP contribution in [0.25, 0.3) is 0 Å². The highest BCUT2D eigenvalue weighted by atomic mass is 19.1. The number of hydrogen-bond donors (Lipinski definition) is 1. The summed E-state index contributed by atoms with van der Waals surface area (Å²) in [6.45, 7) is 4.65. The van der Waals surface area contributed by atoms with Crippen LogP contribution in [0.5, 0.6) is 0 Å². The van der Waals surface area contributed by atoms with Crippen molar-refractivity contribution in [2.45, 2.75) is 38.3 Å². The summed E-state index contributed by atoms with van der Waals surface area (Å²) in [5.74, 6) is -0.800. The molecule has 0 saturated carbocycles. The van der Waals surface area contributed by atoms with Crippen LogP contribution >= 0.6 is 0 Å². The third-order valence-corrected chi connectivity index (χ3v) is 3.67. The van der Waals surface area contributed by atoms with Crippen molar-refractivity contribution >= 4 is 0 Å². The van der Waals surface area contributed by atoms with E-state index in [-0.39, 0.29) is 18.0 Å². The SMILES string of the molecule is CC(NCCCOCC1CCCO1)c1cc(F)ccc1F. The van der Waals surface area contributed by atoms with Crippen LogP contribution in [0.4, 0.5) is 8.78 Å². The number of nitrogens with one attached hydrogen (secondary N) is 1. The van der Waals surface area contributed by atoms with Crippen LogP contribution in [0.15, 0.2) is 18.2 Å². The normalized spacial score (nSPS) is 19.9. The Morgan fingerprint density at radius 2 is 2.29 bits per heavy atom. The fraction of sp³-hybridized carbons (Fsp3) is 0.625. The fourth-order valence-corrected chi connectivity index (χ4v) is 2.44. The molecule has 21 heavy (non-hydrogen) atoms. The monoisotopic (exact) mass is 299 g/mol. The zero-order valence-electron chi connectivity index (χ0n) is 12.4. The average molecular weight is 299 g/mol. The molecule has 1 aliphatic rings. The molecule has 1 saturated heterocycles. The molecule has 0 aromatic heterocycles. The Hall–Kier alpha value is -1.04. The van der Waals surface area contributed by atoms with Crippen molar-refractivity contribution in [2.24, 2.45) is 0 Å². The first kappa shape index (κ1) is 16.3. The molecule has 1 fully saturated rings. The highest BCUT2D eigenvalue weighted by Crippen LogP contribution is 2.17. The molecule has 0 radical (unpaired) electrons. The van der Waals surface area contributed by atoms with E-state index in [2.05, 4.69) is 5.32 Å². The highest BCUT2D eigenvalue weighted by molar-refractivity contribution is 5.21. The van der Waals surface area contributed by atoms with Gasteiger partial charge in [-0.15, -0.1) is 0 Å². The molecule has 0 bridgehead atoms. The number of halogens is 2. The summed E-state index contributed by atoms with van der Waals surface area (Å²) in [6, 6.07) is 3.30. The summed E-state index contributed by atoms with van der Waals surface area (Å²) < 4.78 is 37.7. The maximum Gasteiger partial charge on any atom is 0.128 e. The Morgan fingerprint density at radius 3 is 3.05 bits per heavy atom. The second kappa shape index (κ2) is 8.41. The van der Waals surface area contributed by atoms with Gasteiger partial charge in [0.15, 0.2) is 0 Å².